The van der Waals surface area contributed by atoms with Crippen LogP contribution in [0.15, 0.2) is 35.3 Å². The van der Waals surface area contributed by atoms with Gasteiger partial charge in [0.15, 0.2) is 5.96 Å². The highest BCUT2D eigenvalue weighted by Gasteiger charge is 2.37. The lowest BCUT2D eigenvalue weighted by atomic mass is 9.97. The Morgan fingerprint density at radius 1 is 0.974 bits per heavy atom. The third-order valence-corrected chi connectivity index (χ3v) is 6.87. The summed E-state index contributed by atoms with van der Waals surface area (Å²) in [5.41, 5.74) is 17.1. The van der Waals surface area contributed by atoms with Gasteiger partial charge >= 0.3 is 0 Å². The van der Waals surface area contributed by atoms with Gasteiger partial charge in [0, 0.05) is 25.9 Å². The monoisotopic (exact) mass is 543 g/mol. The van der Waals surface area contributed by atoms with Crippen molar-refractivity contribution < 1.29 is 19.2 Å². The highest BCUT2D eigenvalue weighted by atomic mass is 16.2. The highest BCUT2D eigenvalue weighted by molar-refractivity contribution is 5.94. The van der Waals surface area contributed by atoms with Crippen LogP contribution in [0.5, 0.6) is 0 Å². The van der Waals surface area contributed by atoms with E-state index in [0.29, 0.717) is 38.8 Å². The van der Waals surface area contributed by atoms with E-state index < -0.39 is 29.9 Å². The lowest BCUT2D eigenvalue weighted by molar-refractivity contribution is -0.145. The van der Waals surface area contributed by atoms with E-state index in [0.717, 1.165) is 44.1 Å². The summed E-state index contributed by atoms with van der Waals surface area (Å²) in [6.45, 7) is 2.80. The Balaban J connectivity index is 2.13. The predicted molar refractivity (Wildman–Crippen MR) is 151 cm³/mol. The van der Waals surface area contributed by atoms with Gasteiger partial charge in [-0.05, 0) is 44.1 Å². The van der Waals surface area contributed by atoms with E-state index in [-0.39, 0.29) is 24.2 Å². The minimum absolute atomic E-state index is 0.0517. The largest absolute Gasteiger partial charge is 0.370 e. The van der Waals surface area contributed by atoms with E-state index in [1.807, 2.05) is 30.3 Å². The fraction of sp³-hybridized carbons (Fsp3) is 0.607. The van der Waals surface area contributed by atoms with Gasteiger partial charge in [-0.2, -0.15) is 0 Å². The summed E-state index contributed by atoms with van der Waals surface area (Å²) < 4.78 is 0. The second kappa shape index (κ2) is 17.1. The van der Waals surface area contributed by atoms with Crippen LogP contribution in [0.2, 0.25) is 0 Å². The molecule has 11 nitrogen and oxygen atoms in total. The van der Waals surface area contributed by atoms with Gasteiger partial charge in [-0.3, -0.25) is 24.2 Å². The third kappa shape index (κ3) is 11.3. The number of unbranched alkanes of at least 4 members (excludes halogenated alkanes) is 3. The zero-order chi connectivity index (χ0) is 28.6. The quantitative estimate of drug-likeness (QED) is 0.118. The number of carbonyl (C=O) groups excluding carboxylic acids is 4. The van der Waals surface area contributed by atoms with Crippen molar-refractivity contribution in [1.82, 2.24) is 15.5 Å². The first-order chi connectivity index (χ1) is 18.7. The molecule has 0 spiro atoms. The number of primary amides is 1. The van der Waals surface area contributed by atoms with Crippen molar-refractivity contribution in [3.05, 3.63) is 35.9 Å². The highest BCUT2D eigenvalue weighted by Crippen LogP contribution is 2.20. The molecule has 0 aromatic heterocycles. The molecule has 216 valence electrons. The lowest BCUT2D eigenvalue weighted by Gasteiger charge is -2.37. The number of hydrogen-bond donors (Lipinski definition) is 5. The Labute approximate surface area is 231 Å². The first-order valence-electron chi connectivity index (χ1n) is 14.0. The normalized spacial score (nSPS) is 16.5. The fourth-order valence-corrected chi connectivity index (χ4v) is 4.75. The summed E-state index contributed by atoms with van der Waals surface area (Å²) in [6.07, 6.45) is 7.21. The second-order valence-electron chi connectivity index (χ2n) is 10.1. The third-order valence-electron chi connectivity index (χ3n) is 6.87. The molecular formula is C28H45N7O4. The molecule has 3 atom stereocenters. The van der Waals surface area contributed by atoms with Gasteiger partial charge in [0.2, 0.25) is 23.6 Å². The fourth-order valence-electron chi connectivity index (χ4n) is 4.75. The summed E-state index contributed by atoms with van der Waals surface area (Å²) in [4.78, 5) is 57.3. The number of nitrogens with two attached hydrogens (primary N) is 3. The molecule has 0 radical (unpaired) electrons. The summed E-state index contributed by atoms with van der Waals surface area (Å²) in [5, 5.41) is 5.66. The Morgan fingerprint density at radius 2 is 1.72 bits per heavy atom. The average Bonchev–Trinajstić information content (AvgIpc) is 2.92. The molecule has 1 aromatic rings. The molecule has 0 bridgehead atoms. The summed E-state index contributed by atoms with van der Waals surface area (Å²) in [5.74, 6) is -1.63. The van der Waals surface area contributed by atoms with Gasteiger partial charge < -0.3 is 32.7 Å². The molecule has 3 unspecified atom stereocenters. The molecule has 0 aliphatic carbocycles. The van der Waals surface area contributed by atoms with Gasteiger partial charge in [-0.15, -0.1) is 0 Å². The molecule has 39 heavy (non-hydrogen) atoms. The van der Waals surface area contributed by atoms with Gasteiger partial charge in [0.25, 0.3) is 0 Å². The van der Waals surface area contributed by atoms with Crippen LogP contribution in [0.3, 0.4) is 0 Å². The maximum Gasteiger partial charge on any atom is 0.246 e. The minimum atomic E-state index is -0.909. The Bertz CT molecular complexity index is 966. The number of benzene rings is 1. The second-order valence-corrected chi connectivity index (χ2v) is 10.1. The number of hydrogen-bond acceptors (Lipinski definition) is 5. The van der Waals surface area contributed by atoms with Crippen molar-refractivity contribution in [2.75, 3.05) is 13.1 Å². The first kappa shape index (κ1) is 31.6. The van der Waals surface area contributed by atoms with Crippen LogP contribution in [0.4, 0.5) is 0 Å². The molecule has 11 heteroatoms. The van der Waals surface area contributed by atoms with E-state index in [9.17, 15) is 19.2 Å². The molecule has 2 rings (SSSR count). The number of rotatable bonds is 16. The number of amides is 4. The SMILES string of the molecule is CCCCCCC(=O)NC(Cc1ccccc1)C(=O)N1CCCCC1C(=O)NC(CCCN=C(N)N)C(N)=O. The van der Waals surface area contributed by atoms with Crippen LogP contribution in [-0.4, -0.2) is 65.7 Å². The van der Waals surface area contributed by atoms with Crippen LogP contribution in [-0.2, 0) is 25.6 Å². The van der Waals surface area contributed by atoms with Crippen molar-refractivity contribution in [1.29, 1.82) is 0 Å². The van der Waals surface area contributed by atoms with Crippen LogP contribution in [0.25, 0.3) is 0 Å². The van der Waals surface area contributed by atoms with Crippen molar-refractivity contribution in [2.24, 2.45) is 22.2 Å². The lowest BCUT2D eigenvalue weighted by Crippen LogP contribution is -2.59. The molecule has 1 fully saturated rings. The van der Waals surface area contributed by atoms with Crippen LogP contribution in [0.1, 0.15) is 76.7 Å². The van der Waals surface area contributed by atoms with E-state index in [4.69, 9.17) is 17.2 Å². The molecular weight excluding hydrogens is 498 g/mol. The molecule has 1 aromatic carbocycles. The number of guanidine groups is 1. The topological polar surface area (TPSA) is 186 Å². The van der Waals surface area contributed by atoms with Crippen LogP contribution >= 0.6 is 0 Å². The molecule has 1 heterocycles. The van der Waals surface area contributed by atoms with Crippen molar-refractivity contribution in [3.63, 3.8) is 0 Å². The van der Waals surface area contributed by atoms with Crippen molar-refractivity contribution >= 4 is 29.6 Å². The van der Waals surface area contributed by atoms with Crippen molar-refractivity contribution in [3.8, 4) is 0 Å². The Hall–Kier alpha value is -3.63. The number of piperidine rings is 1. The number of nitrogens with zero attached hydrogens (tertiary/aromatic N) is 2. The van der Waals surface area contributed by atoms with Crippen molar-refractivity contribution in [2.45, 2.75) is 95.7 Å². The van der Waals surface area contributed by atoms with Gasteiger partial charge in [-0.25, -0.2) is 0 Å². The molecule has 4 amide bonds. The Kier molecular flexibility index (Phi) is 13.8. The van der Waals surface area contributed by atoms with E-state index >= 15 is 0 Å². The Morgan fingerprint density at radius 3 is 2.38 bits per heavy atom. The van der Waals surface area contributed by atoms with Gasteiger partial charge in [0.1, 0.15) is 18.1 Å². The van der Waals surface area contributed by atoms with E-state index in [1.54, 1.807) is 4.90 Å². The smallest absolute Gasteiger partial charge is 0.246 e. The van der Waals surface area contributed by atoms with Crippen LogP contribution < -0.4 is 27.8 Å². The molecule has 1 saturated heterocycles. The zero-order valence-electron chi connectivity index (χ0n) is 23.1. The summed E-state index contributed by atoms with van der Waals surface area (Å²) >= 11 is 0. The maximum absolute atomic E-state index is 13.8. The average molecular weight is 544 g/mol. The minimum Gasteiger partial charge on any atom is -0.370 e. The van der Waals surface area contributed by atoms with E-state index in [1.165, 1.54) is 0 Å². The van der Waals surface area contributed by atoms with Crippen LogP contribution in [0, 0.1) is 0 Å². The number of nitrogens with one attached hydrogen (secondary N) is 2. The number of carbonyl (C=O) groups is 4. The maximum atomic E-state index is 13.8. The molecule has 1 aliphatic heterocycles. The predicted octanol–water partition coefficient (Wildman–Crippen LogP) is 1.09. The number of likely N-dealkylation sites (tertiary alicyclic amines) is 1. The van der Waals surface area contributed by atoms with Gasteiger partial charge in [0.05, 0.1) is 0 Å². The zero-order valence-corrected chi connectivity index (χ0v) is 23.1. The van der Waals surface area contributed by atoms with E-state index in [2.05, 4.69) is 22.5 Å². The first-order valence-corrected chi connectivity index (χ1v) is 14.0. The summed E-state index contributed by atoms with van der Waals surface area (Å²) in [7, 11) is 0. The molecule has 8 N–H and O–H groups in total. The molecule has 0 saturated carbocycles. The van der Waals surface area contributed by atoms with Gasteiger partial charge in [-0.1, -0.05) is 56.5 Å². The molecule has 1 aliphatic rings. The standard InChI is InChI=1S/C28H45N7O4/c1-2-3-4-8-16-24(36)33-22(19-20-12-6-5-7-13-20)27(39)35-18-10-9-15-23(35)26(38)34-21(25(29)37)14-11-17-32-28(30)31/h5-7,12-13,21-23H,2-4,8-11,14-19H2,1H3,(H2,29,37)(H,33,36)(H,34,38)(H4,30,31,32). The number of aliphatic imine (C=N–C) groups is 1. The summed E-state index contributed by atoms with van der Waals surface area (Å²) in [6, 6.07) is 7.02.